The lowest BCUT2D eigenvalue weighted by molar-refractivity contribution is 0.427. The van der Waals surface area contributed by atoms with Gasteiger partial charge in [-0.3, -0.25) is 14.2 Å². The number of benzene rings is 2. The van der Waals surface area contributed by atoms with Gasteiger partial charge >= 0.3 is 0 Å². The molecular weight excluding hydrogens is 396 g/mol. The van der Waals surface area contributed by atoms with Gasteiger partial charge in [-0.2, -0.15) is 0 Å². The Morgan fingerprint density at radius 2 is 1.71 bits per heavy atom. The van der Waals surface area contributed by atoms with E-state index in [0.29, 0.717) is 28.4 Å². The van der Waals surface area contributed by atoms with Crippen molar-refractivity contribution in [1.29, 1.82) is 0 Å². The Bertz CT molecular complexity index is 1590. The smallest absolute Gasteiger partial charge is 0.277 e. The molecule has 0 radical (unpaired) electrons. The van der Waals surface area contributed by atoms with Crippen molar-refractivity contribution in [3.8, 4) is 0 Å². The first-order valence-corrected chi connectivity index (χ1v) is 10.2. The molecule has 1 aliphatic carbocycles. The van der Waals surface area contributed by atoms with E-state index >= 15 is 0 Å². The predicted octanol–water partition coefficient (Wildman–Crippen LogP) is 1.84. The Kier molecular flexibility index (Phi) is 3.76. The van der Waals surface area contributed by atoms with Crippen LogP contribution in [0.3, 0.4) is 0 Å². The van der Waals surface area contributed by atoms with Crippen molar-refractivity contribution >= 4 is 32.8 Å². The fourth-order valence-corrected chi connectivity index (χ4v) is 3.95. The van der Waals surface area contributed by atoms with Gasteiger partial charge in [0.2, 0.25) is 0 Å². The summed E-state index contributed by atoms with van der Waals surface area (Å²) in [6.45, 7) is 2.40. The van der Waals surface area contributed by atoms with Gasteiger partial charge in [-0.1, -0.05) is 22.6 Å². The van der Waals surface area contributed by atoms with Gasteiger partial charge in [0, 0.05) is 0 Å². The minimum absolute atomic E-state index is 0.134. The predicted molar refractivity (Wildman–Crippen MR) is 114 cm³/mol. The van der Waals surface area contributed by atoms with Crippen LogP contribution in [0, 0.1) is 0 Å². The summed E-state index contributed by atoms with van der Waals surface area (Å²) in [5.74, 6) is 0. The quantitative estimate of drug-likeness (QED) is 0.412. The number of fused-ring (bicyclic) bond motifs is 3. The van der Waals surface area contributed by atoms with Crippen molar-refractivity contribution in [3.05, 3.63) is 63.4 Å². The molecule has 1 fully saturated rings. The van der Waals surface area contributed by atoms with Crippen LogP contribution in [-0.4, -0.2) is 39.5 Å². The Balaban J connectivity index is 1.43. The number of para-hydroxylation sites is 1. The summed E-state index contributed by atoms with van der Waals surface area (Å²) < 4.78 is 4.78. The zero-order chi connectivity index (χ0) is 21.1. The monoisotopic (exact) mass is 414 g/mol. The topological polar surface area (TPSA) is 113 Å². The average molecular weight is 414 g/mol. The molecule has 5 aromatic rings. The van der Waals surface area contributed by atoms with Gasteiger partial charge in [0.05, 0.1) is 46.8 Å². The summed E-state index contributed by atoms with van der Waals surface area (Å²) in [7, 11) is 0. The third-order valence-corrected chi connectivity index (χ3v) is 5.81. The van der Waals surface area contributed by atoms with Crippen molar-refractivity contribution in [1.82, 2.24) is 39.5 Å². The van der Waals surface area contributed by atoms with Gasteiger partial charge in [0.25, 0.3) is 11.1 Å². The zero-order valence-electron chi connectivity index (χ0n) is 16.7. The molecule has 0 saturated heterocycles. The molecule has 3 heterocycles. The average Bonchev–Trinajstić information content (AvgIpc) is 3.55. The normalized spacial score (nSPS) is 15.1. The molecule has 0 amide bonds. The van der Waals surface area contributed by atoms with Crippen LogP contribution in [-0.2, 0) is 6.54 Å². The molecule has 1 saturated carbocycles. The first kappa shape index (κ1) is 17.9. The molecule has 3 aromatic heterocycles. The van der Waals surface area contributed by atoms with E-state index in [1.54, 1.807) is 21.4 Å². The fourth-order valence-electron chi connectivity index (χ4n) is 3.95. The van der Waals surface area contributed by atoms with Gasteiger partial charge in [-0.15, -0.1) is 10.2 Å². The molecule has 0 bridgehead atoms. The highest BCUT2D eigenvalue weighted by atomic mass is 16.1. The molecule has 0 unspecified atom stereocenters. The second-order valence-electron chi connectivity index (χ2n) is 8.02. The molecule has 1 aliphatic rings. The molecule has 31 heavy (non-hydrogen) atoms. The molecule has 0 aliphatic heterocycles. The Labute approximate surface area is 174 Å². The molecule has 10 nitrogen and oxygen atoms in total. The third kappa shape index (κ3) is 2.82. The summed E-state index contributed by atoms with van der Waals surface area (Å²) >= 11 is 0. The highest BCUT2D eigenvalue weighted by Gasteiger charge is 2.27. The Morgan fingerprint density at radius 3 is 2.55 bits per heavy atom. The van der Waals surface area contributed by atoms with Crippen LogP contribution in [0.2, 0.25) is 0 Å². The van der Waals surface area contributed by atoms with Crippen molar-refractivity contribution in [2.75, 3.05) is 0 Å². The standard InChI is InChI=1S/C21H18N8O2/c1-12(10-28-19-5-3-2-4-16(19)23-25-28)27-11-22-17-8-15-18(9-14(17)20(27)30)24-26-29(21(15)31)13-6-7-13/h2-5,8-9,11-13H,6-7,10H2,1H3/t12-/m1/s1. The van der Waals surface area contributed by atoms with Crippen LogP contribution < -0.4 is 11.1 Å². The number of rotatable bonds is 4. The lowest BCUT2D eigenvalue weighted by Gasteiger charge is -2.15. The van der Waals surface area contributed by atoms with E-state index in [9.17, 15) is 9.59 Å². The molecule has 1 atom stereocenters. The fraction of sp³-hybridized carbons (Fsp3) is 0.286. The van der Waals surface area contributed by atoms with E-state index in [1.165, 1.54) is 11.0 Å². The zero-order valence-corrected chi connectivity index (χ0v) is 16.7. The van der Waals surface area contributed by atoms with Crippen LogP contribution in [0.25, 0.3) is 32.8 Å². The first-order valence-electron chi connectivity index (χ1n) is 10.2. The maximum absolute atomic E-state index is 13.2. The summed E-state index contributed by atoms with van der Waals surface area (Å²) in [5.41, 5.74) is 2.20. The summed E-state index contributed by atoms with van der Waals surface area (Å²) in [6, 6.07) is 10.9. The van der Waals surface area contributed by atoms with Gasteiger partial charge in [-0.25, -0.2) is 14.3 Å². The first-order chi connectivity index (χ1) is 15.1. The van der Waals surface area contributed by atoms with Crippen LogP contribution in [0.1, 0.15) is 31.8 Å². The molecule has 2 aromatic carbocycles. The minimum Gasteiger partial charge on any atom is -0.294 e. The Hall–Kier alpha value is -3.95. The molecule has 0 spiro atoms. The van der Waals surface area contributed by atoms with Crippen molar-refractivity contribution in [2.45, 2.75) is 38.4 Å². The van der Waals surface area contributed by atoms with Crippen molar-refractivity contribution in [2.24, 2.45) is 0 Å². The van der Waals surface area contributed by atoms with Gasteiger partial charge in [0.15, 0.2) is 0 Å². The van der Waals surface area contributed by atoms with Crippen LogP contribution in [0.4, 0.5) is 0 Å². The third-order valence-electron chi connectivity index (χ3n) is 5.81. The summed E-state index contributed by atoms with van der Waals surface area (Å²) in [5, 5.41) is 17.4. The maximum atomic E-state index is 13.2. The number of hydrogen-bond donors (Lipinski definition) is 0. The highest BCUT2D eigenvalue weighted by molar-refractivity contribution is 5.93. The minimum atomic E-state index is -0.209. The number of nitrogens with zero attached hydrogens (tertiary/aromatic N) is 8. The largest absolute Gasteiger partial charge is 0.294 e. The van der Waals surface area contributed by atoms with E-state index in [4.69, 9.17) is 0 Å². The van der Waals surface area contributed by atoms with Crippen LogP contribution in [0.5, 0.6) is 0 Å². The lowest BCUT2D eigenvalue weighted by Crippen LogP contribution is -2.27. The maximum Gasteiger partial charge on any atom is 0.277 e. The van der Waals surface area contributed by atoms with Crippen molar-refractivity contribution in [3.63, 3.8) is 0 Å². The highest BCUT2D eigenvalue weighted by Crippen LogP contribution is 2.32. The molecule has 154 valence electrons. The van der Waals surface area contributed by atoms with Gasteiger partial charge in [0.1, 0.15) is 11.0 Å². The van der Waals surface area contributed by atoms with E-state index in [1.807, 2.05) is 31.2 Å². The molecular formula is C21H18N8O2. The van der Waals surface area contributed by atoms with Gasteiger partial charge < -0.3 is 0 Å². The van der Waals surface area contributed by atoms with Crippen LogP contribution in [0.15, 0.2) is 52.3 Å². The number of aromatic nitrogens is 8. The second-order valence-corrected chi connectivity index (χ2v) is 8.02. The lowest BCUT2D eigenvalue weighted by atomic mass is 10.1. The second kappa shape index (κ2) is 6.53. The molecule has 6 rings (SSSR count). The van der Waals surface area contributed by atoms with Crippen molar-refractivity contribution < 1.29 is 0 Å². The molecule has 0 N–H and O–H groups in total. The number of hydrogen-bond acceptors (Lipinski definition) is 7. The van der Waals surface area contributed by atoms with Crippen LogP contribution >= 0.6 is 0 Å². The summed E-state index contributed by atoms with van der Waals surface area (Å²) in [6.07, 6.45) is 3.40. The SMILES string of the molecule is C[C@H](Cn1nnc2ccccc21)n1cnc2cc3c(=O)n(C4CC4)nnc3cc2c1=O. The van der Waals surface area contributed by atoms with E-state index in [0.717, 1.165) is 23.9 Å². The van der Waals surface area contributed by atoms with Gasteiger partial charge in [-0.05, 0) is 44.0 Å². The van der Waals surface area contributed by atoms with E-state index in [2.05, 4.69) is 25.6 Å². The Morgan fingerprint density at radius 1 is 0.968 bits per heavy atom. The van der Waals surface area contributed by atoms with E-state index in [-0.39, 0.29) is 23.2 Å². The summed E-state index contributed by atoms with van der Waals surface area (Å²) in [4.78, 5) is 30.4. The van der Waals surface area contributed by atoms with E-state index < -0.39 is 0 Å². The molecule has 10 heteroatoms.